The lowest BCUT2D eigenvalue weighted by molar-refractivity contribution is -0.117. The molecule has 2 amide bonds. The topological polar surface area (TPSA) is 112 Å². The van der Waals surface area contributed by atoms with Crippen molar-refractivity contribution in [2.45, 2.75) is 0 Å². The van der Waals surface area contributed by atoms with Crippen molar-refractivity contribution in [2.75, 3.05) is 14.2 Å². The van der Waals surface area contributed by atoms with Crippen LogP contribution in [0.4, 0.5) is 0 Å². The SMILES string of the molecule is COc1ccc(/C=C/C(=O)NNC(=O)c2nn(C)c(=O)c3ccccc23)cc1OC. The lowest BCUT2D eigenvalue weighted by atomic mass is 10.1. The minimum absolute atomic E-state index is 0.0249. The van der Waals surface area contributed by atoms with Gasteiger partial charge in [0.2, 0.25) is 0 Å². The van der Waals surface area contributed by atoms with Crippen molar-refractivity contribution in [1.82, 2.24) is 20.6 Å². The maximum atomic E-state index is 12.5. The smallest absolute Gasteiger partial charge is 0.290 e. The van der Waals surface area contributed by atoms with Crippen LogP contribution in [0.5, 0.6) is 11.5 Å². The number of nitrogens with zero attached hydrogens (tertiary/aromatic N) is 2. The molecule has 3 aromatic rings. The number of aryl methyl sites for hydroxylation is 1. The molecule has 0 saturated heterocycles. The molecule has 2 N–H and O–H groups in total. The summed E-state index contributed by atoms with van der Waals surface area (Å²) in [4.78, 5) is 36.7. The Bertz CT molecular complexity index is 1200. The molecule has 0 atom stereocenters. The number of methoxy groups -OCH3 is 2. The highest BCUT2D eigenvalue weighted by Crippen LogP contribution is 2.27. The number of amides is 2. The van der Waals surface area contributed by atoms with Gasteiger partial charge < -0.3 is 9.47 Å². The van der Waals surface area contributed by atoms with E-state index in [-0.39, 0.29) is 11.3 Å². The second-order valence-electron chi connectivity index (χ2n) is 6.21. The molecule has 9 heteroatoms. The fraction of sp³-hybridized carbons (Fsp3) is 0.143. The van der Waals surface area contributed by atoms with Crippen LogP contribution in [-0.2, 0) is 11.8 Å². The van der Waals surface area contributed by atoms with Gasteiger partial charge in [0.25, 0.3) is 17.4 Å². The van der Waals surface area contributed by atoms with E-state index in [0.717, 1.165) is 4.68 Å². The average Bonchev–Trinajstić information content (AvgIpc) is 2.78. The van der Waals surface area contributed by atoms with Crippen molar-refractivity contribution >= 4 is 28.7 Å². The van der Waals surface area contributed by atoms with E-state index in [1.54, 1.807) is 48.5 Å². The molecular weight excluding hydrogens is 388 g/mol. The fourth-order valence-corrected chi connectivity index (χ4v) is 2.82. The van der Waals surface area contributed by atoms with Gasteiger partial charge in [0.1, 0.15) is 0 Å². The van der Waals surface area contributed by atoms with Gasteiger partial charge in [-0.25, -0.2) is 4.68 Å². The molecule has 30 heavy (non-hydrogen) atoms. The predicted octanol–water partition coefficient (Wildman–Crippen LogP) is 1.43. The summed E-state index contributed by atoms with van der Waals surface area (Å²) >= 11 is 0. The number of benzene rings is 2. The minimum Gasteiger partial charge on any atom is -0.493 e. The molecule has 0 fully saturated rings. The second-order valence-corrected chi connectivity index (χ2v) is 6.21. The van der Waals surface area contributed by atoms with E-state index < -0.39 is 11.8 Å². The molecule has 0 aliphatic rings. The number of nitrogens with one attached hydrogen (secondary N) is 2. The van der Waals surface area contributed by atoms with Crippen molar-refractivity contribution < 1.29 is 19.1 Å². The lowest BCUT2D eigenvalue weighted by Gasteiger charge is -2.09. The summed E-state index contributed by atoms with van der Waals surface area (Å²) in [6.07, 6.45) is 2.82. The predicted molar refractivity (Wildman–Crippen MR) is 111 cm³/mol. The van der Waals surface area contributed by atoms with Gasteiger partial charge >= 0.3 is 0 Å². The lowest BCUT2D eigenvalue weighted by Crippen LogP contribution is -2.42. The molecule has 0 bridgehead atoms. The number of carbonyl (C=O) groups excluding carboxylic acids is 2. The fourth-order valence-electron chi connectivity index (χ4n) is 2.82. The van der Waals surface area contributed by atoms with Gasteiger partial charge in [-0.1, -0.05) is 24.3 Å². The van der Waals surface area contributed by atoms with E-state index in [1.165, 1.54) is 27.3 Å². The van der Waals surface area contributed by atoms with Gasteiger partial charge in [0, 0.05) is 18.5 Å². The Balaban J connectivity index is 1.70. The van der Waals surface area contributed by atoms with Crippen molar-refractivity contribution in [3.63, 3.8) is 0 Å². The Kier molecular flexibility index (Phi) is 6.11. The Morgan fingerprint density at radius 1 is 1.00 bits per heavy atom. The minimum atomic E-state index is -0.644. The van der Waals surface area contributed by atoms with Gasteiger partial charge in [0.05, 0.1) is 19.6 Å². The molecule has 0 saturated carbocycles. The standard InChI is InChI=1S/C21H20N4O5/c1-25-21(28)15-7-5-4-6-14(15)19(24-25)20(27)23-22-18(26)11-9-13-8-10-16(29-2)17(12-13)30-3/h4-12H,1-3H3,(H,22,26)(H,23,27)/b11-9+. The normalized spacial score (nSPS) is 10.8. The van der Waals surface area contributed by atoms with Crippen molar-refractivity contribution in [3.05, 3.63) is 70.2 Å². The molecule has 0 spiro atoms. The third-order valence-electron chi connectivity index (χ3n) is 4.31. The first-order valence-electron chi connectivity index (χ1n) is 8.91. The summed E-state index contributed by atoms with van der Waals surface area (Å²) in [5.41, 5.74) is 5.01. The summed E-state index contributed by atoms with van der Waals surface area (Å²) in [6.45, 7) is 0. The molecule has 1 aromatic heterocycles. The Hall–Kier alpha value is -4.14. The zero-order chi connectivity index (χ0) is 21.7. The first-order chi connectivity index (χ1) is 14.4. The highest BCUT2D eigenvalue weighted by atomic mass is 16.5. The maximum absolute atomic E-state index is 12.5. The van der Waals surface area contributed by atoms with Crippen LogP contribution in [0.15, 0.2) is 53.3 Å². The van der Waals surface area contributed by atoms with E-state index in [1.807, 2.05) is 0 Å². The molecular formula is C21H20N4O5. The van der Waals surface area contributed by atoms with E-state index in [4.69, 9.17) is 9.47 Å². The Morgan fingerprint density at radius 3 is 2.40 bits per heavy atom. The molecule has 3 rings (SSSR count). The number of carbonyl (C=O) groups is 2. The number of hydrazine groups is 1. The summed E-state index contributed by atoms with van der Waals surface area (Å²) in [5.74, 6) is -0.0914. The van der Waals surface area contributed by atoms with E-state index in [9.17, 15) is 14.4 Å². The third kappa shape index (κ3) is 4.30. The van der Waals surface area contributed by atoms with E-state index >= 15 is 0 Å². The number of rotatable bonds is 5. The molecule has 0 aliphatic carbocycles. The van der Waals surface area contributed by atoms with Crippen LogP contribution in [0.1, 0.15) is 16.1 Å². The number of aromatic nitrogens is 2. The van der Waals surface area contributed by atoms with Crippen molar-refractivity contribution in [2.24, 2.45) is 7.05 Å². The summed E-state index contributed by atoms with van der Waals surface area (Å²) in [6, 6.07) is 11.8. The Labute approximate surface area is 171 Å². The van der Waals surface area contributed by atoms with Crippen LogP contribution in [0.25, 0.3) is 16.8 Å². The molecule has 154 valence electrons. The monoisotopic (exact) mass is 408 g/mol. The van der Waals surface area contributed by atoms with Crippen LogP contribution in [0.2, 0.25) is 0 Å². The number of fused-ring (bicyclic) bond motifs is 1. The van der Waals surface area contributed by atoms with Crippen LogP contribution in [-0.4, -0.2) is 35.8 Å². The van der Waals surface area contributed by atoms with E-state index in [2.05, 4.69) is 16.0 Å². The molecule has 9 nitrogen and oxygen atoms in total. The zero-order valence-electron chi connectivity index (χ0n) is 16.6. The summed E-state index contributed by atoms with van der Waals surface area (Å²) < 4.78 is 11.5. The number of hydrogen-bond acceptors (Lipinski definition) is 6. The van der Waals surface area contributed by atoms with Crippen LogP contribution in [0.3, 0.4) is 0 Å². The first kappa shape index (κ1) is 20.6. The van der Waals surface area contributed by atoms with Gasteiger partial charge in [-0.2, -0.15) is 5.10 Å². The third-order valence-corrected chi connectivity index (χ3v) is 4.31. The van der Waals surface area contributed by atoms with Gasteiger partial charge in [-0.3, -0.25) is 25.2 Å². The molecule has 2 aromatic carbocycles. The molecule has 0 radical (unpaired) electrons. The quantitative estimate of drug-likeness (QED) is 0.488. The van der Waals surface area contributed by atoms with Crippen molar-refractivity contribution in [3.8, 4) is 11.5 Å². The highest BCUT2D eigenvalue weighted by Gasteiger charge is 2.15. The van der Waals surface area contributed by atoms with Crippen molar-refractivity contribution in [1.29, 1.82) is 0 Å². The average molecular weight is 408 g/mol. The van der Waals surface area contributed by atoms with Crippen LogP contribution in [0, 0.1) is 0 Å². The van der Waals surface area contributed by atoms with Gasteiger partial charge in [-0.05, 0) is 29.8 Å². The Morgan fingerprint density at radius 2 is 1.70 bits per heavy atom. The van der Waals surface area contributed by atoms with E-state index in [0.29, 0.717) is 27.8 Å². The largest absolute Gasteiger partial charge is 0.493 e. The van der Waals surface area contributed by atoms with Gasteiger partial charge in [-0.15, -0.1) is 0 Å². The van der Waals surface area contributed by atoms with Gasteiger partial charge in [0.15, 0.2) is 17.2 Å². The number of ether oxygens (including phenoxy) is 2. The molecule has 0 unspecified atom stereocenters. The molecule has 0 aliphatic heterocycles. The second kappa shape index (κ2) is 8.91. The maximum Gasteiger partial charge on any atom is 0.290 e. The summed E-state index contributed by atoms with van der Waals surface area (Å²) in [5, 5.41) is 4.76. The first-order valence-corrected chi connectivity index (χ1v) is 8.91. The highest BCUT2D eigenvalue weighted by molar-refractivity contribution is 6.05. The summed E-state index contributed by atoms with van der Waals surface area (Å²) in [7, 11) is 4.51. The number of hydrogen-bond donors (Lipinski definition) is 2. The molecule has 1 heterocycles. The zero-order valence-corrected chi connectivity index (χ0v) is 16.6. The van der Waals surface area contributed by atoms with Crippen LogP contribution >= 0.6 is 0 Å². The van der Waals surface area contributed by atoms with Crippen LogP contribution < -0.4 is 25.9 Å².